The number of hydrogen-bond donors (Lipinski definition) is 1. The van der Waals surface area contributed by atoms with Gasteiger partial charge in [-0.15, -0.1) is 0 Å². The number of anilines is 2. The van der Waals surface area contributed by atoms with Crippen LogP contribution in [0.3, 0.4) is 0 Å². The van der Waals surface area contributed by atoms with Crippen LogP contribution in [-0.4, -0.2) is 48.1 Å². The van der Waals surface area contributed by atoms with Gasteiger partial charge in [-0.1, -0.05) is 18.2 Å². The molecule has 0 bridgehead atoms. The Morgan fingerprint density at radius 3 is 2.42 bits per heavy atom. The fourth-order valence-corrected chi connectivity index (χ4v) is 2.92. The van der Waals surface area contributed by atoms with Gasteiger partial charge in [0.2, 0.25) is 5.95 Å². The zero-order chi connectivity index (χ0) is 16.4. The van der Waals surface area contributed by atoms with Gasteiger partial charge in [-0.25, -0.2) is 9.97 Å². The van der Waals surface area contributed by atoms with Crippen LogP contribution in [0.25, 0.3) is 0 Å². The SMILES string of the molecule is O=C(NC1CC1)c1ccnc(N2CCN(c3ccccc3)CC2)n1. The van der Waals surface area contributed by atoms with E-state index in [0.717, 1.165) is 39.0 Å². The minimum Gasteiger partial charge on any atom is -0.368 e. The van der Waals surface area contributed by atoms with Crippen molar-refractivity contribution < 1.29 is 4.79 Å². The Kier molecular flexibility index (Phi) is 4.02. The molecular formula is C18H21N5O. The van der Waals surface area contributed by atoms with Crippen LogP contribution in [0.2, 0.25) is 0 Å². The number of para-hydroxylation sites is 1. The van der Waals surface area contributed by atoms with Crippen LogP contribution in [0.15, 0.2) is 42.6 Å². The number of hydrogen-bond acceptors (Lipinski definition) is 5. The fourth-order valence-electron chi connectivity index (χ4n) is 2.92. The van der Waals surface area contributed by atoms with Crippen molar-refractivity contribution in [2.45, 2.75) is 18.9 Å². The molecule has 6 heteroatoms. The Morgan fingerprint density at radius 1 is 1.00 bits per heavy atom. The van der Waals surface area contributed by atoms with Crippen molar-refractivity contribution in [2.24, 2.45) is 0 Å². The van der Waals surface area contributed by atoms with Crippen molar-refractivity contribution in [1.29, 1.82) is 0 Å². The minimum absolute atomic E-state index is 0.0935. The molecule has 1 aliphatic heterocycles. The summed E-state index contributed by atoms with van der Waals surface area (Å²) in [4.78, 5) is 25.5. The largest absolute Gasteiger partial charge is 0.368 e. The number of amides is 1. The highest BCUT2D eigenvalue weighted by Gasteiger charge is 2.25. The number of piperazine rings is 1. The topological polar surface area (TPSA) is 61.4 Å². The van der Waals surface area contributed by atoms with Crippen molar-refractivity contribution in [1.82, 2.24) is 15.3 Å². The molecular weight excluding hydrogens is 302 g/mol. The zero-order valence-corrected chi connectivity index (χ0v) is 13.6. The maximum absolute atomic E-state index is 12.1. The molecule has 24 heavy (non-hydrogen) atoms. The number of rotatable bonds is 4. The number of aromatic nitrogens is 2. The predicted octanol–water partition coefficient (Wildman–Crippen LogP) is 1.70. The van der Waals surface area contributed by atoms with E-state index in [-0.39, 0.29) is 5.91 Å². The van der Waals surface area contributed by atoms with Gasteiger partial charge < -0.3 is 15.1 Å². The zero-order valence-electron chi connectivity index (χ0n) is 13.6. The van der Waals surface area contributed by atoms with Gasteiger partial charge >= 0.3 is 0 Å². The molecule has 2 heterocycles. The fraction of sp³-hybridized carbons (Fsp3) is 0.389. The third kappa shape index (κ3) is 3.32. The number of carbonyl (C=O) groups is 1. The van der Waals surface area contributed by atoms with Gasteiger partial charge in [-0.05, 0) is 31.0 Å². The van der Waals surface area contributed by atoms with Gasteiger partial charge in [0.1, 0.15) is 5.69 Å². The first-order valence-corrected chi connectivity index (χ1v) is 8.48. The second kappa shape index (κ2) is 6.47. The van der Waals surface area contributed by atoms with Crippen molar-refractivity contribution in [3.05, 3.63) is 48.3 Å². The van der Waals surface area contributed by atoms with E-state index in [1.165, 1.54) is 5.69 Å². The smallest absolute Gasteiger partial charge is 0.270 e. The van der Waals surface area contributed by atoms with Crippen LogP contribution in [0, 0.1) is 0 Å². The van der Waals surface area contributed by atoms with Crippen molar-refractivity contribution >= 4 is 17.5 Å². The highest BCUT2D eigenvalue weighted by atomic mass is 16.2. The molecule has 124 valence electrons. The summed E-state index contributed by atoms with van der Waals surface area (Å²) < 4.78 is 0. The van der Waals surface area contributed by atoms with E-state index < -0.39 is 0 Å². The molecule has 1 aromatic carbocycles. The van der Waals surface area contributed by atoms with E-state index in [4.69, 9.17) is 0 Å². The third-order valence-corrected chi connectivity index (χ3v) is 4.47. The van der Waals surface area contributed by atoms with Crippen LogP contribution < -0.4 is 15.1 Å². The lowest BCUT2D eigenvalue weighted by atomic mass is 10.2. The van der Waals surface area contributed by atoms with Crippen LogP contribution in [0.4, 0.5) is 11.6 Å². The van der Waals surface area contributed by atoms with Crippen molar-refractivity contribution in [3.63, 3.8) is 0 Å². The van der Waals surface area contributed by atoms with E-state index in [9.17, 15) is 4.79 Å². The lowest BCUT2D eigenvalue weighted by Gasteiger charge is -2.36. The van der Waals surface area contributed by atoms with Gasteiger partial charge in [0.05, 0.1) is 0 Å². The molecule has 1 aromatic heterocycles. The maximum Gasteiger partial charge on any atom is 0.270 e. The second-order valence-electron chi connectivity index (χ2n) is 6.30. The van der Waals surface area contributed by atoms with E-state index in [0.29, 0.717) is 17.7 Å². The summed E-state index contributed by atoms with van der Waals surface area (Å²) in [7, 11) is 0. The Labute approximate surface area is 141 Å². The van der Waals surface area contributed by atoms with Gasteiger partial charge in [-0.3, -0.25) is 4.79 Å². The van der Waals surface area contributed by atoms with Crippen molar-refractivity contribution in [3.8, 4) is 0 Å². The number of nitrogens with one attached hydrogen (secondary N) is 1. The first kappa shape index (κ1) is 14.9. The summed E-state index contributed by atoms with van der Waals surface area (Å²) in [6.45, 7) is 3.54. The molecule has 1 amide bonds. The lowest BCUT2D eigenvalue weighted by molar-refractivity contribution is 0.0946. The molecule has 1 saturated carbocycles. The lowest BCUT2D eigenvalue weighted by Crippen LogP contribution is -2.47. The quantitative estimate of drug-likeness (QED) is 0.928. The van der Waals surface area contributed by atoms with E-state index in [1.54, 1.807) is 12.3 Å². The molecule has 2 fully saturated rings. The van der Waals surface area contributed by atoms with Gasteiger partial charge in [0.15, 0.2) is 0 Å². The van der Waals surface area contributed by atoms with Gasteiger partial charge in [-0.2, -0.15) is 0 Å². The van der Waals surface area contributed by atoms with E-state index in [1.807, 2.05) is 6.07 Å². The van der Waals surface area contributed by atoms with E-state index >= 15 is 0 Å². The summed E-state index contributed by atoms with van der Waals surface area (Å²) >= 11 is 0. The van der Waals surface area contributed by atoms with E-state index in [2.05, 4.69) is 49.4 Å². The summed E-state index contributed by atoms with van der Waals surface area (Å²) in [6, 6.07) is 12.4. The predicted molar refractivity (Wildman–Crippen MR) is 93.4 cm³/mol. The average molecular weight is 323 g/mol. The summed E-state index contributed by atoms with van der Waals surface area (Å²) in [6.07, 6.45) is 3.82. The third-order valence-electron chi connectivity index (χ3n) is 4.47. The molecule has 0 radical (unpaired) electrons. The second-order valence-corrected chi connectivity index (χ2v) is 6.30. The monoisotopic (exact) mass is 323 g/mol. The molecule has 2 aromatic rings. The molecule has 1 saturated heterocycles. The molecule has 0 atom stereocenters. The first-order valence-electron chi connectivity index (χ1n) is 8.48. The highest BCUT2D eigenvalue weighted by molar-refractivity contribution is 5.92. The molecule has 2 aliphatic rings. The Balaban J connectivity index is 1.41. The minimum atomic E-state index is -0.0935. The maximum atomic E-state index is 12.1. The van der Waals surface area contributed by atoms with Gasteiger partial charge in [0.25, 0.3) is 5.91 Å². The first-order chi connectivity index (χ1) is 11.8. The number of nitrogens with zero attached hydrogens (tertiary/aromatic N) is 4. The summed E-state index contributed by atoms with van der Waals surface area (Å²) in [5.41, 5.74) is 1.70. The molecule has 6 nitrogen and oxygen atoms in total. The van der Waals surface area contributed by atoms with Crippen LogP contribution in [-0.2, 0) is 0 Å². The Morgan fingerprint density at radius 2 is 1.71 bits per heavy atom. The molecule has 4 rings (SSSR count). The summed E-state index contributed by atoms with van der Waals surface area (Å²) in [5.74, 6) is 0.551. The molecule has 0 spiro atoms. The molecule has 1 aliphatic carbocycles. The van der Waals surface area contributed by atoms with Crippen LogP contribution in [0.1, 0.15) is 23.3 Å². The number of carbonyl (C=O) groups excluding carboxylic acids is 1. The molecule has 1 N–H and O–H groups in total. The van der Waals surface area contributed by atoms with Crippen LogP contribution in [0.5, 0.6) is 0 Å². The van der Waals surface area contributed by atoms with Crippen LogP contribution >= 0.6 is 0 Å². The molecule has 0 unspecified atom stereocenters. The van der Waals surface area contributed by atoms with Crippen molar-refractivity contribution in [2.75, 3.05) is 36.0 Å². The highest BCUT2D eigenvalue weighted by Crippen LogP contribution is 2.20. The average Bonchev–Trinajstić information content (AvgIpc) is 3.47. The Hall–Kier alpha value is -2.63. The Bertz CT molecular complexity index is 708. The standard InChI is InChI=1S/C18H21N5O/c24-17(20-14-6-7-14)16-8-9-19-18(21-16)23-12-10-22(11-13-23)15-4-2-1-3-5-15/h1-5,8-9,14H,6-7,10-13H2,(H,20,24). The normalized spacial score (nSPS) is 17.7. The summed E-state index contributed by atoms with van der Waals surface area (Å²) in [5, 5.41) is 2.97. The van der Waals surface area contributed by atoms with Gasteiger partial charge in [0, 0.05) is 44.1 Å². The number of benzene rings is 1.